The standard InChI is InChI=1S/C24H21ClN4O2/c1-3-29-24-19(15-27-29)22(17-10-12-20(25)26-14-17)18(11-13-21(30)31-4-2)23(28-24)16-8-6-5-7-9-16/h5-15H,3-4H2,1-2H3. The number of benzene rings is 1. The molecule has 0 spiro atoms. The molecule has 0 atom stereocenters. The minimum Gasteiger partial charge on any atom is -0.463 e. The van der Waals surface area contributed by atoms with Gasteiger partial charge in [0.25, 0.3) is 0 Å². The molecule has 0 aliphatic heterocycles. The van der Waals surface area contributed by atoms with Crippen LogP contribution in [0.25, 0.3) is 39.5 Å². The van der Waals surface area contributed by atoms with Crippen LogP contribution in [-0.4, -0.2) is 32.3 Å². The Hall–Kier alpha value is -3.51. The fourth-order valence-electron chi connectivity index (χ4n) is 3.49. The van der Waals surface area contributed by atoms with E-state index in [-0.39, 0.29) is 0 Å². The SMILES string of the molecule is CCOC(=O)C=Cc1c(-c2ccccc2)nc2c(cnn2CC)c1-c1ccc(Cl)nc1. The van der Waals surface area contributed by atoms with Crippen LogP contribution < -0.4 is 0 Å². The van der Waals surface area contributed by atoms with Gasteiger partial charge in [0.1, 0.15) is 5.15 Å². The first-order valence-corrected chi connectivity index (χ1v) is 10.4. The number of aryl methyl sites for hydroxylation is 1. The third-order valence-electron chi connectivity index (χ3n) is 4.86. The zero-order valence-corrected chi connectivity index (χ0v) is 18.0. The van der Waals surface area contributed by atoms with E-state index >= 15 is 0 Å². The molecule has 0 saturated carbocycles. The third kappa shape index (κ3) is 4.20. The Morgan fingerprint density at radius 1 is 1.10 bits per heavy atom. The third-order valence-corrected chi connectivity index (χ3v) is 5.08. The monoisotopic (exact) mass is 432 g/mol. The van der Waals surface area contributed by atoms with Crippen molar-refractivity contribution >= 4 is 34.7 Å². The van der Waals surface area contributed by atoms with E-state index in [0.29, 0.717) is 18.3 Å². The lowest BCUT2D eigenvalue weighted by Gasteiger charge is -2.14. The molecule has 4 rings (SSSR count). The number of ether oxygens (including phenoxy) is 1. The number of fused-ring (bicyclic) bond motifs is 1. The van der Waals surface area contributed by atoms with Crippen molar-refractivity contribution < 1.29 is 9.53 Å². The van der Waals surface area contributed by atoms with Gasteiger partial charge in [0, 0.05) is 46.5 Å². The summed E-state index contributed by atoms with van der Waals surface area (Å²) in [6.07, 6.45) is 6.69. The minimum atomic E-state index is -0.411. The van der Waals surface area contributed by atoms with E-state index in [4.69, 9.17) is 21.3 Å². The molecular formula is C24H21ClN4O2. The lowest BCUT2D eigenvalue weighted by atomic mass is 9.94. The summed E-state index contributed by atoms with van der Waals surface area (Å²) in [7, 11) is 0. The molecule has 4 aromatic rings. The topological polar surface area (TPSA) is 69.9 Å². The van der Waals surface area contributed by atoms with Crippen LogP contribution in [0.15, 0.2) is 60.9 Å². The molecule has 31 heavy (non-hydrogen) atoms. The Bertz CT molecular complexity index is 1250. The lowest BCUT2D eigenvalue weighted by Crippen LogP contribution is -2.02. The minimum absolute atomic E-state index is 0.309. The molecule has 3 heterocycles. The van der Waals surface area contributed by atoms with Gasteiger partial charge < -0.3 is 4.74 Å². The van der Waals surface area contributed by atoms with Crippen molar-refractivity contribution in [1.29, 1.82) is 0 Å². The van der Waals surface area contributed by atoms with E-state index in [1.165, 1.54) is 6.08 Å². The van der Waals surface area contributed by atoms with Crippen molar-refractivity contribution in [2.24, 2.45) is 0 Å². The Morgan fingerprint density at radius 3 is 2.58 bits per heavy atom. The van der Waals surface area contributed by atoms with Crippen molar-refractivity contribution in [3.63, 3.8) is 0 Å². The van der Waals surface area contributed by atoms with Gasteiger partial charge in [-0.25, -0.2) is 19.4 Å². The smallest absolute Gasteiger partial charge is 0.330 e. The maximum Gasteiger partial charge on any atom is 0.330 e. The second-order valence-corrected chi connectivity index (χ2v) is 7.15. The second kappa shape index (κ2) is 9.10. The molecule has 7 heteroatoms. The van der Waals surface area contributed by atoms with Crippen molar-refractivity contribution in [3.05, 3.63) is 71.7 Å². The summed E-state index contributed by atoms with van der Waals surface area (Å²) in [6, 6.07) is 13.5. The molecule has 0 saturated heterocycles. The molecule has 0 unspecified atom stereocenters. The van der Waals surface area contributed by atoms with Crippen molar-refractivity contribution in [3.8, 4) is 22.4 Å². The number of aromatic nitrogens is 4. The van der Waals surface area contributed by atoms with Gasteiger partial charge in [-0.2, -0.15) is 5.10 Å². The maximum atomic E-state index is 12.1. The van der Waals surface area contributed by atoms with Gasteiger partial charge >= 0.3 is 5.97 Å². The Kier molecular flexibility index (Phi) is 6.09. The summed E-state index contributed by atoms with van der Waals surface area (Å²) >= 11 is 6.03. The molecule has 0 bridgehead atoms. The summed E-state index contributed by atoms with van der Waals surface area (Å²) < 4.78 is 6.94. The van der Waals surface area contributed by atoms with Crippen LogP contribution in [0.5, 0.6) is 0 Å². The quantitative estimate of drug-likeness (QED) is 0.231. The number of halogens is 1. The fourth-order valence-corrected chi connectivity index (χ4v) is 3.60. The average molecular weight is 433 g/mol. The number of rotatable bonds is 6. The second-order valence-electron chi connectivity index (χ2n) is 6.77. The van der Waals surface area contributed by atoms with Crippen molar-refractivity contribution in [1.82, 2.24) is 19.7 Å². The van der Waals surface area contributed by atoms with Gasteiger partial charge in [0.15, 0.2) is 5.65 Å². The van der Waals surface area contributed by atoms with Crippen LogP contribution in [-0.2, 0) is 16.1 Å². The molecule has 0 radical (unpaired) electrons. The van der Waals surface area contributed by atoms with E-state index in [9.17, 15) is 4.79 Å². The van der Waals surface area contributed by atoms with E-state index in [2.05, 4.69) is 10.1 Å². The molecule has 1 aromatic carbocycles. The fraction of sp³-hybridized carbons (Fsp3) is 0.167. The Balaban J connectivity index is 2.07. The molecule has 0 fully saturated rings. The predicted octanol–water partition coefficient (Wildman–Crippen LogP) is 5.41. The van der Waals surface area contributed by atoms with Crippen LogP contribution in [0.4, 0.5) is 0 Å². The Labute approximate surface area is 185 Å². The first kappa shape index (κ1) is 20.8. The molecule has 0 N–H and O–H groups in total. The van der Waals surface area contributed by atoms with Gasteiger partial charge in [-0.3, -0.25) is 0 Å². The van der Waals surface area contributed by atoms with E-state index in [1.807, 2.05) is 48.0 Å². The summed E-state index contributed by atoms with van der Waals surface area (Å²) in [5, 5.41) is 5.79. The zero-order valence-electron chi connectivity index (χ0n) is 17.2. The van der Waals surface area contributed by atoms with Gasteiger partial charge in [-0.05, 0) is 32.1 Å². The number of carbonyl (C=O) groups is 1. The number of nitrogens with zero attached hydrogens (tertiary/aromatic N) is 4. The van der Waals surface area contributed by atoms with E-state index in [1.54, 1.807) is 31.5 Å². The largest absolute Gasteiger partial charge is 0.463 e. The number of hydrogen-bond acceptors (Lipinski definition) is 5. The summed E-state index contributed by atoms with van der Waals surface area (Å²) in [5.41, 5.74) is 4.96. The van der Waals surface area contributed by atoms with Crippen molar-refractivity contribution in [2.45, 2.75) is 20.4 Å². The van der Waals surface area contributed by atoms with Crippen LogP contribution in [0.1, 0.15) is 19.4 Å². The molecule has 3 aromatic heterocycles. The van der Waals surface area contributed by atoms with Crippen LogP contribution in [0.2, 0.25) is 5.15 Å². The van der Waals surface area contributed by atoms with Crippen molar-refractivity contribution in [2.75, 3.05) is 6.61 Å². The van der Waals surface area contributed by atoms with Gasteiger partial charge in [-0.1, -0.05) is 41.9 Å². The van der Waals surface area contributed by atoms with Crippen LogP contribution in [0, 0.1) is 0 Å². The maximum absolute atomic E-state index is 12.1. The zero-order chi connectivity index (χ0) is 21.8. The number of esters is 1. The first-order valence-electron chi connectivity index (χ1n) is 10.0. The average Bonchev–Trinajstić information content (AvgIpc) is 3.21. The number of hydrogen-bond donors (Lipinski definition) is 0. The lowest BCUT2D eigenvalue weighted by molar-refractivity contribution is -0.137. The molecule has 6 nitrogen and oxygen atoms in total. The molecule has 156 valence electrons. The number of carbonyl (C=O) groups excluding carboxylic acids is 1. The molecule has 0 aliphatic carbocycles. The molecule has 0 amide bonds. The Morgan fingerprint density at radius 2 is 1.90 bits per heavy atom. The highest BCUT2D eigenvalue weighted by Crippen LogP contribution is 2.38. The highest BCUT2D eigenvalue weighted by molar-refractivity contribution is 6.29. The molecule has 0 aliphatic rings. The van der Waals surface area contributed by atoms with Crippen LogP contribution in [0.3, 0.4) is 0 Å². The van der Waals surface area contributed by atoms with Gasteiger partial charge in [0.2, 0.25) is 0 Å². The van der Waals surface area contributed by atoms with E-state index < -0.39 is 5.97 Å². The normalized spacial score (nSPS) is 11.3. The number of pyridine rings is 2. The van der Waals surface area contributed by atoms with Gasteiger partial charge in [-0.15, -0.1) is 0 Å². The first-order chi connectivity index (χ1) is 15.1. The van der Waals surface area contributed by atoms with E-state index in [0.717, 1.165) is 39.0 Å². The summed E-state index contributed by atoms with van der Waals surface area (Å²) in [5.74, 6) is -0.411. The van der Waals surface area contributed by atoms with Gasteiger partial charge in [0.05, 0.1) is 18.5 Å². The highest BCUT2D eigenvalue weighted by Gasteiger charge is 2.19. The highest BCUT2D eigenvalue weighted by atomic mass is 35.5. The predicted molar refractivity (Wildman–Crippen MR) is 123 cm³/mol. The summed E-state index contributed by atoms with van der Waals surface area (Å²) in [4.78, 5) is 21.3. The summed E-state index contributed by atoms with van der Waals surface area (Å²) in [6.45, 7) is 4.79. The van der Waals surface area contributed by atoms with Crippen LogP contribution >= 0.6 is 11.6 Å². The molecular weight excluding hydrogens is 412 g/mol.